The molecule has 0 amide bonds. The van der Waals surface area contributed by atoms with E-state index in [0.29, 0.717) is 18.1 Å². The van der Waals surface area contributed by atoms with Gasteiger partial charge in [0.25, 0.3) is 0 Å². The van der Waals surface area contributed by atoms with E-state index >= 15 is 0 Å². The van der Waals surface area contributed by atoms with E-state index in [0.717, 1.165) is 30.0 Å². The number of aromatic nitrogens is 3. The Morgan fingerprint density at radius 3 is 2.88 bits per heavy atom. The topological polar surface area (TPSA) is 51.1 Å². The maximum atomic E-state index is 13.3. The molecule has 1 aliphatic heterocycles. The Labute approximate surface area is 151 Å². The van der Waals surface area contributed by atoms with Gasteiger partial charge in [0.2, 0.25) is 0 Å². The Bertz CT molecular complexity index is 903. The molecule has 0 bridgehead atoms. The van der Waals surface area contributed by atoms with Gasteiger partial charge in [-0.15, -0.1) is 0 Å². The van der Waals surface area contributed by atoms with E-state index in [-0.39, 0.29) is 11.9 Å². The molecular weight excluding hydrogens is 331 g/mol. The molecule has 0 saturated carbocycles. The molecule has 0 radical (unpaired) electrons. The van der Waals surface area contributed by atoms with Crippen molar-refractivity contribution in [2.45, 2.75) is 19.4 Å². The number of benzene rings is 1. The first-order valence-electron chi connectivity index (χ1n) is 8.60. The van der Waals surface area contributed by atoms with E-state index in [1.54, 1.807) is 24.5 Å². The van der Waals surface area contributed by atoms with Gasteiger partial charge < -0.3 is 9.64 Å². The monoisotopic (exact) mass is 350 g/mol. The molecule has 1 fully saturated rings. The second-order valence-corrected chi connectivity index (χ2v) is 6.36. The minimum Gasteiger partial charge on any atom is -0.488 e. The lowest BCUT2D eigenvalue weighted by molar-refractivity contribution is 0.224. The van der Waals surface area contributed by atoms with Crippen LogP contribution in [0.3, 0.4) is 0 Å². The van der Waals surface area contributed by atoms with Crippen molar-refractivity contribution in [1.82, 2.24) is 15.0 Å². The number of hydrogen-bond donors (Lipinski definition) is 0. The summed E-state index contributed by atoms with van der Waals surface area (Å²) in [6.07, 6.45) is 4.36. The maximum absolute atomic E-state index is 13.3. The van der Waals surface area contributed by atoms with Gasteiger partial charge >= 0.3 is 0 Å². The molecule has 0 aliphatic carbocycles. The van der Waals surface area contributed by atoms with E-state index in [1.807, 2.05) is 25.1 Å². The van der Waals surface area contributed by atoms with Crippen LogP contribution < -0.4 is 9.64 Å². The first-order valence-corrected chi connectivity index (χ1v) is 8.60. The zero-order chi connectivity index (χ0) is 17.9. The van der Waals surface area contributed by atoms with Crippen LogP contribution in [0.15, 0.2) is 54.9 Å². The smallest absolute Gasteiger partial charge is 0.163 e. The molecule has 0 spiro atoms. The first-order chi connectivity index (χ1) is 12.7. The van der Waals surface area contributed by atoms with Crippen LogP contribution in [0.4, 0.5) is 10.2 Å². The Kier molecular flexibility index (Phi) is 4.48. The second kappa shape index (κ2) is 7.07. The third-order valence-electron chi connectivity index (χ3n) is 4.33. The van der Waals surface area contributed by atoms with Crippen LogP contribution in [0.1, 0.15) is 12.1 Å². The Balaban J connectivity index is 1.51. The number of rotatable bonds is 4. The maximum Gasteiger partial charge on any atom is 0.163 e. The number of aryl methyl sites for hydroxylation is 1. The SMILES string of the molecule is Cc1cc(N2CCC(Oc3cccc(F)c3)C2)nc(-c2cccnc2)n1. The number of halogens is 1. The highest BCUT2D eigenvalue weighted by atomic mass is 19.1. The van der Waals surface area contributed by atoms with Gasteiger partial charge in [-0.2, -0.15) is 0 Å². The van der Waals surface area contributed by atoms with Gasteiger partial charge in [-0.1, -0.05) is 6.07 Å². The van der Waals surface area contributed by atoms with E-state index in [2.05, 4.69) is 14.9 Å². The number of nitrogens with zero attached hydrogens (tertiary/aromatic N) is 4. The highest BCUT2D eigenvalue weighted by Gasteiger charge is 2.25. The number of pyridine rings is 1. The largest absolute Gasteiger partial charge is 0.488 e. The summed E-state index contributed by atoms with van der Waals surface area (Å²) >= 11 is 0. The molecule has 1 aliphatic rings. The summed E-state index contributed by atoms with van der Waals surface area (Å²) < 4.78 is 19.2. The summed E-state index contributed by atoms with van der Waals surface area (Å²) in [5.41, 5.74) is 1.80. The minimum absolute atomic E-state index is 0.00825. The van der Waals surface area contributed by atoms with Crippen molar-refractivity contribution in [2.24, 2.45) is 0 Å². The standard InChI is InChI=1S/C20H19FN4O/c1-14-10-19(24-20(23-14)15-4-3-8-22-12-15)25-9-7-18(13-25)26-17-6-2-5-16(21)11-17/h2-6,8,10-12,18H,7,9,13H2,1H3. The molecule has 1 aromatic carbocycles. The summed E-state index contributed by atoms with van der Waals surface area (Å²) in [4.78, 5) is 15.5. The molecule has 1 atom stereocenters. The van der Waals surface area contributed by atoms with Crippen molar-refractivity contribution >= 4 is 5.82 Å². The van der Waals surface area contributed by atoms with Gasteiger partial charge in [0.15, 0.2) is 5.82 Å². The highest BCUT2D eigenvalue weighted by Crippen LogP contribution is 2.25. The van der Waals surface area contributed by atoms with Crippen LogP contribution in [0.25, 0.3) is 11.4 Å². The molecule has 2 aromatic heterocycles. The third-order valence-corrected chi connectivity index (χ3v) is 4.33. The minimum atomic E-state index is -0.287. The molecule has 0 N–H and O–H groups in total. The number of ether oxygens (including phenoxy) is 1. The van der Waals surface area contributed by atoms with Crippen LogP contribution in [-0.4, -0.2) is 34.1 Å². The average Bonchev–Trinajstić information content (AvgIpc) is 3.10. The molecular formula is C20H19FN4O. The van der Waals surface area contributed by atoms with Gasteiger partial charge in [-0.25, -0.2) is 14.4 Å². The Hall–Kier alpha value is -3.02. The van der Waals surface area contributed by atoms with Crippen molar-refractivity contribution in [3.8, 4) is 17.1 Å². The fourth-order valence-electron chi connectivity index (χ4n) is 3.10. The van der Waals surface area contributed by atoms with Crippen molar-refractivity contribution in [2.75, 3.05) is 18.0 Å². The van der Waals surface area contributed by atoms with E-state index in [4.69, 9.17) is 9.72 Å². The number of anilines is 1. The molecule has 26 heavy (non-hydrogen) atoms. The van der Waals surface area contributed by atoms with Crippen LogP contribution in [-0.2, 0) is 0 Å². The fourth-order valence-corrected chi connectivity index (χ4v) is 3.10. The zero-order valence-electron chi connectivity index (χ0n) is 14.5. The Morgan fingerprint density at radius 2 is 2.08 bits per heavy atom. The molecule has 1 unspecified atom stereocenters. The van der Waals surface area contributed by atoms with Crippen LogP contribution in [0.5, 0.6) is 5.75 Å². The van der Waals surface area contributed by atoms with Crippen LogP contribution in [0.2, 0.25) is 0 Å². The van der Waals surface area contributed by atoms with Gasteiger partial charge in [0.05, 0.1) is 6.54 Å². The highest BCUT2D eigenvalue weighted by molar-refractivity contribution is 5.57. The molecule has 1 saturated heterocycles. The lowest BCUT2D eigenvalue weighted by atomic mass is 10.2. The third kappa shape index (κ3) is 3.64. The van der Waals surface area contributed by atoms with E-state index < -0.39 is 0 Å². The first kappa shape index (κ1) is 16.4. The lowest BCUT2D eigenvalue weighted by Crippen LogP contribution is -2.25. The van der Waals surface area contributed by atoms with Gasteiger partial charge in [0.1, 0.15) is 23.5 Å². The molecule has 4 rings (SSSR count). The van der Waals surface area contributed by atoms with Crippen molar-refractivity contribution in [3.63, 3.8) is 0 Å². The molecule has 3 aromatic rings. The van der Waals surface area contributed by atoms with Crippen LogP contribution in [0, 0.1) is 12.7 Å². The number of hydrogen-bond acceptors (Lipinski definition) is 5. The second-order valence-electron chi connectivity index (χ2n) is 6.36. The molecule has 5 nitrogen and oxygen atoms in total. The van der Waals surface area contributed by atoms with Crippen molar-refractivity contribution in [1.29, 1.82) is 0 Å². The van der Waals surface area contributed by atoms with Crippen molar-refractivity contribution < 1.29 is 9.13 Å². The normalized spacial score (nSPS) is 16.7. The Morgan fingerprint density at radius 1 is 1.15 bits per heavy atom. The average molecular weight is 350 g/mol. The summed E-state index contributed by atoms with van der Waals surface area (Å²) in [5, 5.41) is 0. The van der Waals surface area contributed by atoms with Gasteiger partial charge in [-0.05, 0) is 31.2 Å². The summed E-state index contributed by atoms with van der Waals surface area (Å²) in [7, 11) is 0. The van der Waals surface area contributed by atoms with Gasteiger partial charge in [0, 0.05) is 48.7 Å². The lowest BCUT2D eigenvalue weighted by Gasteiger charge is -2.19. The predicted octanol–water partition coefficient (Wildman–Crippen LogP) is 3.64. The van der Waals surface area contributed by atoms with Crippen molar-refractivity contribution in [3.05, 3.63) is 66.4 Å². The summed E-state index contributed by atoms with van der Waals surface area (Å²) in [6, 6.07) is 12.1. The van der Waals surface area contributed by atoms with E-state index in [9.17, 15) is 4.39 Å². The molecule has 3 heterocycles. The fraction of sp³-hybridized carbons (Fsp3) is 0.250. The van der Waals surface area contributed by atoms with Gasteiger partial charge in [-0.3, -0.25) is 4.98 Å². The summed E-state index contributed by atoms with van der Waals surface area (Å²) in [6.45, 7) is 3.50. The molecule has 132 valence electrons. The zero-order valence-corrected chi connectivity index (χ0v) is 14.5. The molecule has 6 heteroatoms. The predicted molar refractivity (Wildman–Crippen MR) is 97.6 cm³/mol. The summed E-state index contributed by atoms with van der Waals surface area (Å²) in [5.74, 6) is 1.82. The van der Waals surface area contributed by atoms with E-state index in [1.165, 1.54) is 12.1 Å². The van der Waals surface area contributed by atoms with Crippen LogP contribution >= 0.6 is 0 Å². The quantitative estimate of drug-likeness (QED) is 0.719.